The smallest absolute Gasteiger partial charge is 0.241 e. The summed E-state index contributed by atoms with van der Waals surface area (Å²) < 4.78 is 2.10. The van der Waals surface area contributed by atoms with Crippen LogP contribution in [-0.2, 0) is 24.3 Å². The molecule has 1 aliphatic heterocycles. The van der Waals surface area contributed by atoms with Crippen molar-refractivity contribution >= 4 is 5.91 Å². The summed E-state index contributed by atoms with van der Waals surface area (Å²) in [5.41, 5.74) is 7.97. The van der Waals surface area contributed by atoms with Crippen molar-refractivity contribution in [2.24, 2.45) is 5.73 Å². The highest BCUT2D eigenvalue weighted by molar-refractivity contribution is 5.82. The van der Waals surface area contributed by atoms with E-state index in [9.17, 15) is 4.79 Å². The fraction of sp³-hybridized carbons (Fsp3) is 0.438. The van der Waals surface area contributed by atoms with E-state index in [-0.39, 0.29) is 5.91 Å². The molecular formula is C16H21N5O. The first-order chi connectivity index (χ1) is 10.6. The standard InChI is InChI=1S/C16H21N5O/c1-11-5-7-12(8-6-11)15(17)16(22)18-10-14-20-19-13-4-2-3-9-21(13)14/h5-8,15H,2-4,9-10,17H2,1H3,(H,18,22). The molecule has 0 radical (unpaired) electrons. The first-order valence-corrected chi connectivity index (χ1v) is 7.66. The van der Waals surface area contributed by atoms with Crippen LogP contribution in [0.2, 0.25) is 0 Å². The SMILES string of the molecule is Cc1ccc(C(N)C(=O)NCc2nnc3n2CCCC3)cc1. The lowest BCUT2D eigenvalue weighted by molar-refractivity contribution is -0.122. The van der Waals surface area contributed by atoms with Gasteiger partial charge in [0.05, 0.1) is 6.54 Å². The average molecular weight is 299 g/mol. The molecule has 116 valence electrons. The third kappa shape index (κ3) is 3.01. The van der Waals surface area contributed by atoms with Gasteiger partial charge in [-0.15, -0.1) is 10.2 Å². The number of hydrogen-bond donors (Lipinski definition) is 2. The minimum Gasteiger partial charge on any atom is -0.347 e. The number of nitrogens with one attached hydrogen (secondary N) is 1. The Bertz CT molecular complexity index is 662. The molecule has 3 N–H and O–H groups in total. The summed E-state index contributed by atoms with van der Waals surface area (Å²) in [5.74, 6) is 1.62. The molecule has 2 aromatic rings. The highest BCUT2D eigenvalue weighted by atomic mass is 16.2. The number of amides is 1. The van der Waals surface area contributed by atoms with Crippen LogP contribution in [-0.4, -0.2) is 20.7 Å². The van der Waals surface area contributed by atoms with Gasteiger partial charge in [0, 0.05) is 13.0 Å². The summed E-state index contributed by atoms with van der Waals surface area (Å²) in [6, 6.07) is 7.02. The van der Waals surface area contributed by atoms with Crippen molar-refractivity contribution in [1.82, 2.24) is 20.1 Å². The maximum absolute atomic E-state index is 12.2. The molecule has 1 aromatic heterocycles. The molecule has 1 atom stereocenters. The monoisotopic (exact) mass is 299 g/mol. The molecule has 6 nitrogen and oxygen atoms in total. The molecule has 0 saturated heterocycles. The zero-order valence-electron chi connectivity index (χ0n) is 12.7. The van der Waals surface area contributed by atoms with E-state index in [0.29, 0.717) is 6.54 Å². The van der Waals surface area contributed by atoms with E-state index in [1.165, 1.54) is 0 Å². The van der Waals surface area contributed by atoms with Crippen LogP contribution in [0.25, 0.3) is 0 Å². The normalized spacial score (nSPS) is 15.2. The predicted molar refractivity (Wildman–Crippen MR) is 82.9 cm³/mol. The lowest BCUT2D eigenvalue weighted by Gasteiger charge is -2.16. The Morgan fingerprint density at radius 2 is 2.09 bits per heavy atom. The van der Waals surface area contributed by atoms with Crippen LogP contribution in [0.1, 0.15) is 41.7 Å². The van der Waals surface area contributed by atoms with E-state index in [1.807, 2.05) is 31.2 Å². The average Bonchev–Trinajstić information content (AvgIpc) is 2.96. The van der Waals surface area contributed by atoms with Crippen LogP contribution in [0.3, 0.4) is 0 Å². The van der Waals surface area contributed by atoms with E-state index in [2.05, 4.69) is 20.1 Å². The van der Waals surface area contributed by atoms with Gasteiger partial charge in [0.1, 0.15) is 11.9 Å². The summed E-state index contributed by atoms with van der Waals surface area (Å²) >= 11 is 0. The molecular weight excluding hydrogens is 278 g/mol. The van der Waals surface area contributed by atoms with Crippen molar-refractivity contribution in [2.75, 3.05) is 0 Å². The van der Waals surface area contributed by atoms with E-state index in [1.54, 1.807) is 0 Å². The topological polar surface area (TPSA) is 85.8 Å². The predicted octanol–water partition coefficient (Wildman–Crippen LogP) is 1.24. The second-order valence-electron chi connectivity index (χ2n) is 5.75. The van der Waals surface area contributed by atoms with Gasteiger partial charge in [-0.05, 0) is 25.3 Å². The minimum atomic E-state index is -0.663. The van der Waals surface area contributed by atoms with Gasteiger partial charge < -0.3 is 15.6 Å². The van der Waals surface area contributed by atoms with Gasteiger partial charge in [-0.3, -0.25) is 4.79 Å². The van der Waals surface area contributed by atoms with Crippen LogP contribution in [0.4, 0.5) is 0 Å². The largest absolute Gasteiger partial charge is 0.347 e. The molecule has 0 bridgehead atoms. The third-order valence-corrected chi connectivity index (χ3v) is 4.08. The number of carbonyl (C=O) groups excluding carboxylic acids is 1. The van der Waals surface area contributed by atoms with Crippen molar-refractivity contribution in [1.29, 1.82) is 0 Å². The maximum Gasteiger partial charge on any atom is 0.241 e. The Kier molecular flexibility index (Phi) is 4.20. The minimum absolute atomic E-state index is 0.197. The number of nitrogens with zero attached hydrogens (tertiary/aromatic N) is 3. The van der Waals surface area contributed by atoms with Gasteiger partial charge in [0.15, 0.2) is 5.82 Å². The van der Waals surface area contributed by atoms with Gasteiger partial charge in [-0.2, -0.15) is 0 Å². The molecule has 0 saturated carbocycles. The van der Waals surface area contributed by atoms with E-state index >= 15 is 0 Å². The maximum atomic E-state index is 12.2. The molecule has 1 amide bonds. The number of rotatable bonds is 4. The second-order valence-corrected chi connectivity index (χ2v) is 5.75. The number of aryl methyl sites for hydroxylation is 2. The molecule has 3 rings (SSSR count). The van der Waals surface area contributed by atoms with E-state index in [4.69, 9.17) is 5.73 Å². The Balaban J connectivity index is 1.62. The van der Waals surface area contributed by atoms with Gasteiger partial charge in [-0.1, -0.05) is 29.8 Å². The van der Waals surface area contributed by atoms with Gasteiger partial charge in [0.25, 0.3) is 0 Å². The second kappa shape index (κ2) is 6.27. The number of hydrogen-bond acceptors (Lipinski definition) is 4. The van der Waals surface area contributed by atoms with Crippen molar-refractivity contribution in [3.8, 4) is 0 Å². The molecule has 1 unspecified atom stereocenters. The van der Waals surface area contributed by atoms with Gasteiger partial charge in [-0.25, -0.2) is 0 Å². The first-order valence-electron chi connectivity index (χ1n) is 7.66. The zero-order valence-corrected chi connectivity index (χ0v) is 12.7. The molecule has 1 aliphatic rings. The van der Waals surface area contributed by atoms with E-state index in [0.717, 1.165) is 48.6 Å². The summed E-state index contributed by atoms with van der Waals surface area (Å²) in [6.07, 6.45) is 3.25. The lowest BCUT2D eigenvalue weighted by Crippen LogP contribution is -2.34. The molecule has 0 spiro atoms. The molecule has 6 heteroatoms. The number of aromatic nitrogens is 3. The lowest BCUT2D eigenvalue weighted by atomic mass is 10.1. The highest BCUT2D eigenvalue weighted by Crippen LogP contribution is 2.15. The number of nitrogens with two attached hydrogens (primary N) is 1. The summed E-state index contributed by atoms with van der Waals surface area (Å²) in [4.78, 5) is 12.2. The van der Waals surface area contributed by atoms with Crippen LogP contribution in [0, 0.1) is 6.92 Å². The molecule has 0 aliphatic carbocycles. The third-order valence-electron chi connectivity index (χ3n) is 4.08. The quantitative estimate of drug-likeness (QED) is 0.889. The van der Waals surface area contributed by atoms with Gasteiger partial charge in [0.2, 0.25) is 5.91 Å². The molecule has 1 aromatic carbocycles. The molecule has 2 heterocycles. The summed E-state index contributed by atoms with van der Waals surface area (Å²) in [6.45, 7) is 3.30. The summed E-state index contributed by atoms with van der Waals surface area (Å²) in [5, 5.41) is 11.2. The highest BCUT2D eigenvalue weighted by Gasteiger charge is 2.19. The van der Waals surface area contributed by atoms with Crippen LogP contribution < -0.4 is 11.1 Å². The number of fused-ring (bicyclic) bond motifs is 1. The first kappa shape index (κ1) is 14.7. The number of carbonyl (C=O) groups is 1. The Morgan fingerprint density at radius 3 is 2.86 bits per heavy atom. The van der Waals surface area contributed by atoms with Crippen LogP contribution in [0.5, 0.6) is 0 Å². The van der Waals surface area contributed by atoms with Gasteiger partial charge >= 0.3 is 0 Å². The fourth-order valence-corrected chi connectivity index (χ4v) is 2.70. The molecule has 22 heavy (non-hydrogen) atoms. The van der Waals surface area contributed by atoms with Crippen molar-refractivity contribution in [3.63, 3.8) is 0 Å². The summed E-state index contributed by atoms with van der Waals surface area (Å²) in [7, 11) is 0. The van der Waals surface area contributed by atoms with E-state index < -0.39 is 6.04 Å². The Hall–Kier alpha value is -2.21. The Morgan fingerprint density at radius 1 is 1.32 bits per heavy atom. The van der Waals surface area contributed by atoms with Crippen LogP contribution in [0.15, 0.2) is 24.3 Å². The van der Waals surface area contributed by atoms with Crippen LogP contribution >= 0.6 is 0 Å². The zero-order chi connectivity index (χ0) is 15.5. The van der Waals surface area contributed by atoms with Crippen molar-refractivity contribution in [2.45, 2.75) is 45.3 Å². The van der Waals surface area contributed by atoms with Crippen molar-refractivity contribution in [3.05, 3.63) is 47.0 Å². The Labute approximate surface area is 129 Å². The number of benzene rings is 1. The van der Waals surface area contributed by atoms with Crippen molar-refractivity contribution < 1.29 is 4.79 Å². The fourth-order valence-electron chi connectivity index (χ4n) is 2.70. The molecule has 0 fully saturated rings.